The first-order valence-corrected chi connectivity index (χ1v) is 8.82. The van der Waals surface area contributed by atoms with Crippen LogP contribution in [0.2, 0.25) is 0 Å². The molecule has 1 aromatic rings. The van der Waals surface area contributed by atoms with Crippen LogP contribution in [0.3, 0.4) is 0 Å². The fraction of sp³-hybridized carbons (Fsp3) is 0.611. The number of hydrogen-bond acceptors (Lipinski definition) is 6. The van der Waals surface area contributed by atoms with Crippen molar-refractivity contribution in [1.29, 1.82) is 0 Å². The standard InChI is InChI=1S/C18H27N3O4/c1-24-15-5-3-14(4-6-15)19-18(23)11-20-7-2-8-21(10-9-20)16-12-25-13-17(16)22/h3-6,16-17,22H,2,7-13H2,1H3,(H,19,23)/t16-,17-/m1/s1. The van der Waals surface area contributed by atoms with Crippen molar-refractivity contribution in [2.75, 3.05) is 58.4 Å². The van der Waals surface area contributed by atoms with Crippen molar-refractivity contribution in [3.05, 3.63) is 24.3 Å². The maximum Gasteiger partial charge on any atom is 0.238 e. The topological polar surface area (TPSA) is 74.3 Å². The molecule has 0 aromatic heterocycles. The third-order valence-corrected chi connectivity index (χ3v) is 4.85. The van der Waals surface area contributed by atoms with Gasteiger partial charge in [-0.1, -0.05) is 0 Å². The third-order valence-electron chi connectivity index (χ3n) is 4.85. The number of nitrogens with one attached hydrogen (secondary N) is 1. The summed E-state index contributed by atoms with van der Waals surface area (Å²) in [7, 11) is 1.62. The van der Waals surface area contributed by atoms with Gasteiger partial charge >= 0.3 is 0 Å². The van der Waals surface area contributed by atoms with Crippen molar-refractivity contribution in [3.8, 4) is 5.75 Å². The minimum absolute atomic E-state index is 0.0112. The quantitative estimate of drug-likeness (QED) is 0.802. The first-order valence-electron chi connectivity index (χ1n) is 8.82. The molecular weight excluding hydrogens is 322 g/mol. The summed E-state index contributed by atoms with van der Waals surface area (Å²) in [6.45, 7) is 4.88. The van der Waals surface area contributed by atoms with E-state index in [0.717, 1.165) is 44.0 Å². The lowest BCUT2D eigenvalue weighted by molar-refractivity contribution is -0.117. The number of carbonyl (C=O) groups excluding carboxylic acids is 1. The summed E-state index contributed by atoms with van der Waals surface area (Å²) in [4.78, 5) is 16.7. The van der Waals surface area contributed by atoms with Crippen molar-refractivity contribution in [3.63, 3.8) is 0 Å². The minimum atomic E-state index is -0.398. The summed E-state index contributed by atoms with van der Waals surface area (Å²) in [5.41, 5.74) is 0.772. The van der Waals surface area contributed by atoms with Gasteiger partial charge in [-0.15, -0.1) is 0 Å². The lowest BCUT2D eigenvalue weighted by Crippen LogP contribution is -2.45. The Hall–Kier alpha value is -1.67. The molecule has 0 spiro atoms. The van der Waals surface area contributed by atoms with Crippen LogP contribution in [0, 0.1) is 0 Å². The number of hydrogen-bond donors (Lipinski definition) is 2. The molecule has 7 heteroatoms. The van der Waals surface area contributed by atoms with E-state index in [1.807, 2.05) is 24.3 Å². The Labute approximate surface area is 148 Å². The Morgan fingerprint density at radius 2 is 2.04 bits per heavy atom. The molecule has 138 valence electrons. The number of carbonyl (C=O) groups is 1. The lowest BCUT2D eigenvalue weighted by atomic mass is 10.2. The van der Waals surface area contributed by atoms with Gasteiger partial charge in [-0.3, -0.25) is 14.6 Å². The summed E-state index contributed by atoms with van der Waals surface area (Å²) in [6.07, 6.45) is 0.587. The van der Waals surface area contributed by atoms with Crippen LogP contribution < -0.4 is 10.1 Å². The van der Waals surface area contributed by atoms with Crippen LogP contribution in [-0.4, -0.2) is 86.0 Å². The molecule has 3 rings (SSSR count). The Kier molecular flexibility index (Phi) is 6.25. The van der Waals surface area contributed by atoms with E-state index < -0.39 is 6.10 Å². The fourth-order valence-electron chi connectivity index (χ4n) is 3.44. The highest BCUT2D eigenvalue weighted by atomic mass is 16.5. The molecular formula is C18H27N3O4. The number of amides is 1. The van der Waals surface area contributed by atoms with Crippen molar-refractivity contribution in [2.24, 2.45) is 0 Å². The molecule has 2 saturated heterocycles. The molecule has 0 aliphatic carbocycles. The molecule has 1 aromatic carbocycles. The van der Waals surface area contributed by atoms with E-state index >= 15 is 0 Å². The monoisotopic (exact) mass is 349 g/mol. The number of aliphatic hydroxyl groups is 1. The highest BCUT2D eigenvalue weighted by Gasteiger charge is 2.32. The molecule has 0 bridgehead atoms. The number of benzene rings is 1. The molecule has 2 atom stereocenters. The third kappa shape index (κ3) is 4.92. The second kappa shape index (κ2) is 8.62. The van der Waals surface area contributed by atoms with Gasteiger partial charge in [0.15, 0.2) is 0 Å². The van der Waals surface area contributed by atoms with E-state index in [-0.39, 0.29) is 11.9 Å². The smallest absolute Gasteiger partial charge is 0.238 e. The summed E-state index contributed by atoms with van der Waals surface area (Å²) >= 11 is 0. The molecule has 25 heavy (non-hydrogen) atoms. The number of rotatable bonds is 5. The number of aliphatic hydroxyl groups excluding tert-OH is 1. The summed E-state index contributed by atoms with van der Waals surface area (Å²) in [5.74, 6) is 0.756. The van der Waals surface area contributed by atoms with Crippen molar-refractivity contribution < 1.29 is 19.4 Å². The lowest BCUT2D eigenvalue weighted by Gasteiger charge is -2.28. The van der Waals surface area contributed by atoms with Crippen LogP contribution in [0.1, 0.15) is 6.42 Å². The molecule has 0 radical (unpaired) electrons. The Morgan fingerprint density at radius 1 is 1.24 bits per heavy atom. The molecule has 0 unspecified atom stereocenters. The van der Waals surface area contributed by atoms with Gasteiger partial charge in [0.2, 0.25) is 5.91 Å². The van der Waals surface area contributed by atoms with E-state index in [1.165, 1.54) is 0 Å². The zero-order chi connectivity index (χ0) is 17.6. The van der Waals surface area contributed by atoms with Crippen LogP contribution in [-0.2, 0) is 9.53 Å². The van der Waals surface area contributed by atoms with Crippen LogP contribution in [0.15, 0.2) is 24.3 Å². The minimum Gasteiger partial charge on any atom is -0.497 e. The Balaban J connectivity index is 1.46. The maximum atomic E-state index is 12.3. The van der Waals surface area contributed by atoms with Crippen LogP contribution in [0.4, 0.5) is 5.69 Å². The Bertz CT molecular complexity index is 566. The molecule has 1 amide bonds. The van der Waals surface area contributed by atoms with Gasteiger partial charge < -0.3 is 19.9 Å². The van der Waals surface area contributed by atoms with Gasteiger partial charge in [0, 0.05) is 18.8 Å². The Morgan fingerprint density at radius 3 is 2.72 bits per heavy atom. The first-order chi connectivity index (χ1) is 12.2. The van der Waals surface area contributed by atoms with Gasteiger partial charge in [0.05, 0.1) is 39.0 Å². The predicted molar refractivity (Wildman–Crippen MR) is 94.9 cm³/mol. The molecule has 0 saturated carbocycles. The molecule has 2 aliphatic rings. The molecule has 2 aliphatic heterocycles. The summed E-state index contributed by atoms with van der Waals surface area (Å²) in [6, 6.07) is 7.42. The van der Waals surface area contributed by atoms with Gasteiger partial charge in [0.1, 0.15) is 5.75 Å². The summed E-state index contributed by atoms with van der Waals surface area (Å²) in [5, 5.41) is 12.9. The zero-order valence-corrected chi connectivity index (χ0v) is 14.7. The van der Waals surface area contributed by atoms with Crippen LogP contribution >= 0.6 is 0 Å². The van der Waals surface area contributed by atoms with E-state index in [9.17, 15) is 9.90 Å². The SMILES string of the molecule is COc1ccc(NC(=O)CN2CCCN([C@@H]3COC[C@H]3O)CC2)cc1. The number of ether oxygens (including phenoxy) is 2. The largest absolute Gasteiger partial charge is 0.497 e. The van der Waals surface area contributed by atoms with Crippen molar-refractivity contribution in [2.45, 2.75) is 18.6 Å². The normalized spacial score (nSPS) is 25.5. The van der Waals surface area contributed by atoms with Gasteiger partial charge in [-0.25, -0.2) is 0 Å². The van der Waals surface area contributed by atoms with Gasteiger partial charge in [0.25, 0.3) is 0 Å². The van der Waals surface area contributed by atoms with E-state index in [1.54, 1.807) is 7.11 Å². The predicted octanol–water partition coefficient (Wildman–Crippen LogP) is 0.401. The highest BCUT2D eigenvalue weighted by Crippen LogP contribution is 2.17. The zero-order valence-electron chi connectivity index (χ0n) is 14.7. The second-order valence-corrected chi connectivity index (χ2v) is 6.61. The summed E-state index contributed by atoms with van der Waals surface area (Å²) < 4.78 is 10.5. The van der Waals surface area contributed by atoms with E-state index in [0.29, 0.717) is 19.8 Å². The van der Waals surface area contributed by atoms with Gasteiger partial charge in [-0.05, 0) is 43.8 Å². The number of nitrogens with zero attached hydrogens (tertiary/aromatic N) is 2. The fourth-order valence-corrected chi connectivity index (χ4v) is 3.44. The maximum absolute atomic E-state index is 12.3. The van der Waals surface area contributed by atoms with Crippen LogP contribution in [0.5, 0.6) is 5.75 Å². The van der Waals surface area contributed by atoms with Crippen molar-refractivity contribution >= 4 is 11.6 Å². The van der Waals surface area contributed by atoms with E-state index in [2.05, 4.69) is 15.1 Å². The average molecular weight is 349 g/mol. The molecule has 2 heterocycles. The van der Waals surface area contributed by atoms with E-state index in [4.69, 9.17) is 9.47 Å². The van der Waals surface area contributed by atoms with Gasteiger partial charge in [-0.2, -0.15) is 0 Å². The molecule has 2 N–H and O–H groups in total. The number of anilines is 1. The number of methoxy groups -OCH3 is 1. The highest BCUT2D eigenvalue weighted by molar-refractivity contribution is 5.92. The molecule has 2 fully saturated rings. The van der Waals surface area contributed by atoms with Crippen LogP contribution in [0.25, 0.3) is 0 Å². The first kappa shape index (κ1) is 18.1. The second-order valence-electron chi connectivity index (χ2n) is 6.61. The molecule has 7 nitrogen and oxygen atoms in total. The van der Waals surface area contributed by atoms with Crippen molar-refractivity contribution in [1.82, 2.24) is 9.80 Å². The average Bonchev–Trinajstić information content (AvgIpc) is 2.90.